The Morgan fingerprint density at radius 3 is 2.67 bits per heavy atom. The minimum atomic E-state index is -4.39. The molecule has 1 saturated carbocycles. The van der Waals surface area contributed by atoms with Crippen LogP contribution < -0.4 is 5.32 Å². The van der Waals surface area contributed by atoms with E-state index in [0.29, 0.717) is 29.6 Å². The summed E-state index contributed by atoms with van der Waals surface area (Å²) in [7, 11) is 0. The predicted molar refractivity (Wildman–Crippen MR) is 109 cm³/mol. The maximum Gasteiger partial charge on any atom is 0.416 e. The monoisotopic (exact) mass is 424 g/mol. The number of amides is 1. The summed E-state index contributed by atoms with van der Waals surface area (Å²) in [6.07, 6.45) is 4.23. The number of nitrogens with one attached hydrogen (secondary N) is 1. The Balaban J connectivity index is 1.39. The van der Waals surface area contributed by atoms with Crippen LogP contribution >= 0.6 is 0 Å². The van der Waals surface area contributed by atoms with E-state index in [-0.39, 0.29) is 6.10 Å². The van der Waals surface area contributed by atoms with E-state index in [4.69, 9.17) is 4.74 Å². The Bertz CT molecular complexity index is 737. The quantitative estimate of drug-likeness (QED) is 0.623. The van der Waals surface area contributed by atoms with Crippen molar-refractivity contribution in [2.75, 3.05) is 11.9 Å². The molecule has 3 aliphatic rings. The molecule has 3 unspecified atom stereocenters. The molecule has 4 nitrogen and oxygen atoms in total. The Hall–Kier alpha value is -1.76. The fourth-order valence-corrected chi connectivity index (χ4v) is 5.89. The van der Waals surface area contributed by atoms with Crippen molar-refractivity contribution in [1.29, 1.82) is 0 Å². The molecule has 7 heteroatoms. The number of fused-ring (bicyclic) bond motifs is 4. The highest BCUT2D eigenvalue weighted by molar-refractivity contribution is 5.84. The molecule has 2 aliphatic heterocycles. The van der Waals surface area contributed by atoms with Crippen LogP contribution in [0.1, 0.15) is 63.9 Å². The maximum absolute atomic E-state index is 12.7. The number of unbranched alkanes of at least 4 members (excludes halogenated alkanes) is 1. The molecule has 4 rings (SSSR count). The van der Waals surface area contributed by atoms with Crippen LogP contribution in [0, 0.1) is 11.8 Å². The lowest BCUT2D eigenvalue weighted by Crippen LogP contribution is -2.55. The fraction of sp³-hybridized carbons (Fsp3) is 0.696. The van der Waals surface area contributed by atoms with Crippen molar-refractivity contribution in [3.8, 4) is 0 Å². The number of anilines is 1. The van der Waals surface area contributed by atoms with Gasteiger partial charge in [0.15, 0.2) is 0 Å². The molecule has 1 aliphatic carbocycles. The molecule has 30 heavy (non-hydrogen) atoms. The number of ether oxygens (including phenoxy) is 1. The number of alkyl halides is 3. The molecule has 166 valence electrons. The largest absolute Gasteiger partial charge is 0.446 e. The maximum atomic E-state index is 12.7. The second-order valence-electron chi connectivity index (χ2n) is 9.05. The van der Waals surface area contributed by atoms with Gasteiger partial charge in [0.25, 0.3) is 0 Å². The summed E-state index contributed by atoms with van der Waals surface area (Å²) in [5, 5.41) is 2.60. The number of carbonyl (C=O) groups is 1. The van der Waals surface area contributed by atoms with Crippen molar-refractivity contribution >= 4 is 11.8 Å². The van der Waals surface area contributed by atoms with Gasteiger partial charge in [-0.3, -0.25) is 10.2 Å². The van der Waals surface area contributed by atoms with Crippen molar-refractivity contribution in [1.82, 2.24) is 4.90 Å². The first-order chi connectivity index (χ1) is 14.4. The van der Waals surface area contributed by atoms with Crippen LogP contribution in [0.5, 0.6) is 0 Å². The lowest BCUT2D eigenvalue weighted by atomic mass is 9.79. The number of nitrogens with zero attached hydrogens (tertiary/aromatic N) is 1. The molecule has 1 amide bonds. The van der Waals surface area contributed by atoms with Crippen LogP contribution in [-0.2, 0) is 10.9 Å². The van der Waals surface area contributed by atoms with Gasteiger partial charge in [0, 0.05) is 23.7 Å². The summed E-state index contributed by atoms with van der Waals surface area (Å²) in [6.45, 7) is 3.38. The molecule has 3 fully saturated rings. The number of halogens is 3. The molecule has 2 heterocycles. The number of hydrogen-bond acceptors (Lipinski definition) is 3. The average Bonchev–Trinajstić information content (AvgIpc) is 3.06. The van der Waals surface area contributed by atoms with Crippen LogP contribution in [-0.4, -0.2) is 35.7 Å². The Morgan fingerprint density at radius 2 is 1.97 bits per heavy atom. The number of hydrogen-bond donors (Lipinski definition) is 1. The second-order valence-corrected chi connectivity index (χ2v) is 9.05. The molecule has 2 bridgehead atoms. The highest BCUT2D eigenvalue weighted by atomic mass is 19.4. The van der Waals surface area contributed by atoms with Gasteiger partial charge in [-0.1, -0.05) is 26.2 Å². The zero-order chi connectivity index (χ0) is 21.3. The summed E-state index contributed by atoms with van der Waals surface area (Å²) in [6, 6.07) is 5.55. The molecule has 1 aromatic rings. The van der Waals surface area contributed by atoms with E-state index in [1.54, 1.807) is 0 Å². The molecular weight excluding hydrogens is 393 g/mol. The molecule has 5 atom stereocenters. The van der Waals surface area contributed by atoms with Gasteiger partial charge < -0.3 is 4.74 Å². The lowest BCUT2D eigenvalue weighted by Gasteiger charge is -2.49. The van der Waals surface area contributed by atoms with E-state index >= 15 is 0 Å². The van der Waals surface area contributed by atoms with Gasteiger partial charge in [0.1, 0.15) is 6.10 Å². The third-order valence-corrected chi connectivity index (χ3v) is 7.21. The minimum Gasteiger partial charge on any atom is -0.446 e. The molecular formula is C23H31F3N2O2. The van der Waals surface area contributed by atoms with Crippen molar-refractivity contribution in [2.24, 2.45) is 11.8 Å². The van der Waals surface area contributed by atoms with Crippen LogP contribution in [0.15, 0.2) is 24.3 Å². The van der Waals surface area contributed by atoms with Crippen molar-refractivity contribution in [3.05, 3.63) is 29.8 Å². The van der Waals surface area contributed by atoms with E-state index in [1.165, 1.54) is 50.7 Å². The minimum absolute atomic E-state index is 0.110. The van der Waals surface area contributed by atoms with E-state index in [1.807, 2.05) is 0 Å². The van der Waals surface area contributed by atoms with Gasteiger partial charge in [-0.05, 0) is 68.8 Å². The van der Waals surface area contributed by atoms with E-state index in [2.05, 4.69) is 17.1 Å². The predicted octanol–water partition coefficient (Wildman–Crippen LogP) is 6.08. The fourth-order valence-electron chi connectivity index (χ4n) is 5.89. The van der Waals surface area contributed by atoms with Crippen molar-refractivity contribution < 1.29 is 22.7 Å². The summed E-state index contributed by atoms with van der Waals surface area (Å²) in [5.74, 6) is 0.936. The Labute approximate surface area is 176 Å². The lowest BCUT2D eigenvalue weighted by molar-refractivity contribution is -0.137. The SMILES string of the molecule is CCCC[C@H]1C2CC(OC(=O)Nc3ccc(C(F)(F)F)cc3)C(C2)[C@H]2CCCCN21. The zero-order valence-electron chi connectivity index (χ0n) is 17.5. The van der Waals surface area contributed by atoms with Gasteiger partial charge in [0.05, 0.1) is 5.56 Å². The Morgan fingerprint density at radius 1 is 1.20 bits per heavy atom. The summed E-state index contributed by atoms with van der Waals surface area (Å²) in [4.78, 5) is 15.2. The van der Waals surface area contributed by atoms with Crippen LogP contribution in [0.3, 0.4) is 0 Å². The number of carbonyl (C=O) groups excluding carboxylic acids is 1. The number of piperidine rings is 2. The van der Waals surface area contributed by atoms with Crippen LogP contribution in [0.25, 0.3) is 0 Å². The van der Waals surface area contributed by atoms with Gasteiger partial charge in [-0.15, -0.1) is 0 Å². The summed E-state index contributed by atoms with van der Waals surface area (Å²) in [5.41, 5.74) is -0.421. The Kier molecular flexibility index (Phi) is 6.28. The smallest absolute Gasteiger partial charge is 0.416 e. The zero-order valence-corrected chi connectivity index (χ0v) is 17.5. The highest BCUT2D eigenvalue weighted by Gasteiger charge is 2.52. The molecule has 0 spiro atoms. The van der Waals surface area contributed by atoms with Crippen LogP contribution in [0.2, 0.25) is 0 Å². The van der Waals surface area contributed by atoms with Gasteiger partial charge in [0.2, 0.25) is 0 Å². The van der Waals surface area contributed by atoms with Gasteiger partial charge in [-0.25, -0.2) is 4.79 Å². The van der Waals surface area contributed by atoms with Crippen LogP contribution in [0.4, 0.5) is 23.7 Å². The van der Waals surface area contributed by atoms with E-state index in [0.717, 1.165) is 31.5 Å². The number of rotatable bonds is 5. The first-order valence-electron chi connectivity index (χ1n) is 11.3. The van der Waals surface area contributed by atoms with E-state index < -0.39 is 17.8 Å². The first-order valence-corrected chi connectivity index (χ1v) is 11.3. The van der Waals surface area contributed by atoms with Crippen molar-refractivity contribution in [3.63, 3.8) is 0 Å². The normalized spacial score (nSPS) is 31.3. The number of benzene rings is 1. The van der Waals surface area contributed by atoms with Gasteiger partial charge >= 0.3 is 12.3 Å². The third kappa shape index (κ3) is 4.46. The second kappa shape index (κ2) is 8.77. The topological polar surface area (TPSA) is 41.6 Å². The van der Waals surface area contributed by atoms with Gasteiger partial charge in [-0.2, -0.15) is 13.2 Å². The highest BCUT2D eigenvalue weighted by Crippen LogP contribution is 2.49. The summed E-state index contributed by atoms with van der Waals surface area (Å²) < 4.78 is 43.9. The van der Waals surface area contributed by atoms with Crippen molar-refractivity contribution in [2.45, 2.75) is 82.7 Å². The summed E-state index contributed by atoms with van der Waals surface area (Å²) >= 11 is 0. The molecule has 1 aromatic carbocycles. The van der Waals surface area contributed by atoms with E-state index in [9.17, 15) is 18.0 Å². The molecule has 0 radical (unpaired) electrons. The first kappa shape index (κ1) is 21.5. The standard InChI is InChI=1S/C23H31F3N2O2/c1-2-3-6-19-15-13-18(20-7-4-5-12-28(19)20)21(14-15)30-22(29)27-17-10-8-16(9-11-17)23(24,25)26/h8-11,15,18-21H,2-7,12-14H2,1H3,(H,27,29)/t15?,18?,19-,20+,21?/m0/s1. The molecule has 1 N–H and O–H groups in total. The molecule has 2 saturated heterocycles. The molecule has 0 aromatic heterocycles. The average molecular weight is 425 g/mol. The third-order valence-electron chi connectivity index (χ3n) is 7.21.